The van der Waals surface area contributed by atoms with Gasteiger partial charge in [-0.2, -0.15) is 0 Å². The van der Waals surface area contributed by atoms with Crippen LogP contribution in [0.5, 0.6) is 0 Å². The van der Waals surface area contributed by atoms with Gasteiger partial charge in [0.2, 0.25) is 0 Å². The SMILES string of the molecule is CC(C)C(=O)OC1C(O)C(CO)OC(OC2OC(CO)C(O)C(O)C2O)C1O. The molecule has 28 heavy (non-hydrogen) atoms. The van der Waals surface area contributed by atoms with Crippen LogP contribution in [0, 0.1) is 5.92 Å². The van der Waals surface area contributed by atoms with Crippen molar-refractivity contribution >= 4 is 5.97 Å². The molecule has 2 aliphatic rings. The first-order valence-electron chi connectivity index (χ1n) is 8.91. The highest BCUT2D eigenvalue weighted by atomic mass is 16.8. The van der Waals surface area contributed by atoms with Gasteiger partial charge in [-0.1, -0.05) is 13.8 Å². The van der Waals surface area contributed by atoms with Crippen LogP contribution in [-0.2, 0) is 23.7 Å². The number of rotatable bonds is 6. The topological polar surface area (TPSA) is 196 Å². The van der Waals surface area contributed by atoms with Gasteiger partial charge >= 0.3 is 5.97 Å². The maximum absolute atomic E-state index is 11.9. The number of hydrogen-bond acceptors (Lipinski definition) is 12. The van der Waals surface area contributed by atoms with E-state index in [9.17, 15) is 40.5 Å². The monoisotopic (exact) mass is 412 g/mol. The Morgan fingerprint density at radius 1 is 0.821 bits per heavy atom. The van der Waals surface area contributed by atoms with Gasteiger partial charge < -0.3 is 54.7 Å². The van der Waals surface area contributed by atoms with Crippen molar-refractivity contribution in [3.8, 4) is 0 Å². The average Bonchev–Trinajstić information content (AvgIpc) is 2.67. The minimum Gasteiger partial charge on any atom is -0.456 e. The van der Waals surface area contributed by atoms with Gasteiger partial charge in [0, 0.05) is 0 Å². The minimum absolute atomic E-state index is 0.556. The van der Waals surface area contributed by atoms with Gasteiger partial charge in [-0.05, 0) is 0 Å². The van der Waals surface area contributed by atoms with Crippen molar-refractivity contribution in [2.75, 3.05) is 13.2 Å². The summed E-state index contributed by atoms with van der Waals surface area (Å²) in [6.45, 7) is 1.71. The number of ether oxygens (including phenoxy) is 4. The molecule has 12 nitrogen and oxygen atoms in total. The molecule has 0 saturated carbocycles. The third kappa shape index (κ3) is 4.79. The quantitative estimate of drug-likeness (QED) is 0.208. The maximum Gasteiger partial charge on any atom is 0.308 e. The van der Waals surface area contributed by atoms with E-state index in [0.29, 0.717) is 0 Å². The van der Waals surface area contributed by atoms with Crippen LogP contribution in [0.4, 0.5) is 0 Å². The molecule has 2 saturated heterocycles. The number of carbonyl (C=O) groups excluding carboxylic acids is 1. The molecule has 2 heterocycles. The van der Waals surface area contributed by atoms with Crippen molar-refractivity contribution in [3.05, 3.63) is 0 Å². The summed E-state index contributed by atoms with van der Waals surface area (Å²) in [7, 11) is 0. The second-order valence-electron chi connectivity index (χ2n) is 7.10. The van der Waals surface area contributed by atoms with Crippen molar-refractivity contribution in [2.24, 2.45) is 5.92 Å². The average molecular weight is 412 g/mol. The molecule has 0 aliphatic carbocycles. The number of aliphatic hydroxyl groups excluding tert-OH is 7. The highest BCUT2D eigenvalue weighted by Gasteiger charge is 2.51. The molecule has 0 spiro atoms. The van der Waals surface area contributed by atoms with E-state index in [0.717, 1.165) is 0 Å². The fraction of sp³-hybridized carbons (Fsp3) is 0.938. The van der Waals surface area contributed by atoms with Crippen LogP contribution in [0.15, 0.2) is 0 Å². The molecule has 0 aromatic heterocycles. The van der Waals surface area contributed by atoms with E-state index in [1.165, 1.54) is 0 Å². The lowest BCUT2D eigenvalue weighted by atomic mass is 9.97. The largest absolute Gasteiger partial charge is 0.456 e. The van der Waals surface area contributed by atoms with E-state index in [1.54, 1.807) is 13.8 Å². The Hall–Kier alpha value is -0.930. The van der Waals surface area contributed by atoms with Crippen LogP contribution in [0.25, 0.3) is 0 Å². The Morgan fingerprint density at radius 2 is 1.32 bits per heavy atom. The predicted molar refractivity (Wildman–Crippen MR) is 87.3 cm³/mol. The Morgan fingerprint density at radius 3 is 1.82 bits per heavy atom. The Bertz CT molecular complexity index is 514. The zero-order chi connectivity index (χ0) is 21.2. The smallest absolute Gasteiger partial charge is 0.308 e. The lowest BCUT2D eigenvalue weighted by Gasteiger charge is -2.45. The van der Waals surface area contributed by atoms with Crippen LogP contribution < -0.4 is 0 Å². The summed E-state index contributed by atoms with van der Waals surface area (Å²) in [5.74, 6) is -1.27. The standard InChI is InChI=1S/C16H28O12/c1-5(2)14(24)27-13-9(20)7(4-18)26-16(12(13)23)28-15-11(22)10(21)8(19)6(3-17)25-15/h5-13,15-23H,3-4H2,1-2H3. The number of aliphatic hydroxyl groups is 7. The molecule has 2 rings (SSSR count). The van der Waals surface area contributed by atoms with Gasteiger partial charge in [-0.3, -0.25) is 4.79 Å². The van der Waals surface area contributed by atoms with E-state index in [1.807, 2.05) is 0 Å². The third-order valence-electron chi connectivity index (χ3n) is 4.66. The lowest BCUT2D eigenvalue weighted by molar-refractivity contribution is -0.376. The predicted octanol–water partition coefficient (Wildman–Crippen LogP) is -4.19. The van der Waals surface area contributed by atoms with Crippen molar-refractivity contribution in [1.82, 2.24) is 0 Å². The summed E-state index contributed by atoms with van der Waals surface area (Å²) in [6.07, 6.45) is -15.7. The molecule has 0 aromatic rings. The molecule has 0 bridgehead atoms. The Labute approximate surface area is 160 Å². The molecular weight excluding hydrogens is 384 g/mol. The van der Waals surface area contributed by atoms with Gasteiger partial charge in [0.05, 0.1) is 19.1 Å². The number of carbonyl (C=O) groups is 1. The van der Waals surface area contributed by atoms with Gasteiger partial charge in [0.1, 0.15) is 42.7 Å². The van der Waals surface area contributed by atoms with Gasteiger partial charge in [0.15, 0.2) is 18.7 Å². The van der Waals surface area contributed by atoms with Crippen molar-refractivity contribution in [3.63, 3.8) is 0 Å². The summed E-state index contributed by atoms with van der Waals surface area (Å²) >= 11 is 0. The first-order chi connectivity index (χ1) is 13.1. The first kappa shape index (κ1) is 23.3. The summed E-state index contributed by atoms with van der Waals surface area (Å²) in [5, 5.41) is 68.9. The van der Waals surface area contributed by atoms with E-state index < -0.39 is 86.5 Å². The molecule has 2 aliphatic heterocycles. The summed E-state index contributed by atoms with van der Waals surface area (Å²) in [6, 6.07) is 0. The van der Waals surface area contributed by atoms with Crippen molar-refractivity contribution in [1.29, 1.82) is 0 Å². The molecule has 10 unspecified atom stereocenters. The molecule has 0 aromatic carbocycles. The number of hydrogen-bond donors (Lipinski definition) is 7. The van der Waals surface area contributed by atoms with E-state index in [4.69, 9.17) is 18.9 Å². The second-order valence-corrected chi connectivity index (χ2v) is 7.10. The van der Waals surface area contributed by atoms with Crippen LogP contribution in [0.2, 0.25) is 0 Å². The fourth-order valence-corrected chi connectivity index (χ4v) is 2.89. The molecule has 0 amide bonds. The van der Waals surface area contributed by atoms with Crippen molar-refractivity contribution in [2.45, 2.75) is 75.3 Å². The van der Waals surface area contributed by atoms with E-state index >= 15 is 0 Å². The molecule has 12 heteroatoms. The summed E-state index contributed by atoms with van der Waals surface area (Å²) in [5.41, 5.74) is 0. The highest BCUT2D eigenvalue weighted by Crippen LogP contribution is 2.29. The first-order valence-corrected chi connectivity index (χ1v) is 8.91. The second kappa shape index (κ2) is 9.71. The molecule has 0 radical (unpaired) electrons. The molecular formula is C16H28O12. The van der Waals surface area contributed by atoms with Crippen molar-refractivity contribution < 1.29 is 59.5 Å². The summed E-state index contributed by atoms with van der Waals surface area (Å²) < 4.78 is 20.8. The lowest BCUT2D eigenvalue weighted by Crippen LogP contribution is -2.64. The fourth-order valence-electron chi connectivity index (χ4n) is 2.89. The highest BCUT2D eigenvalue weighted by molar-refractivity contribution is 5.71. The zero-order valence-electron chi connectivity index (χ0n) is 15.4. The molecule has 7 N–H and O–H groups in total. The third-order valence-corrected chi connectivity index (χ3v) is 4.66. The maximum atomic E-state index is 11.9. The molecule has 2 fully saturated rings. The van der Waals surface area contributed by atoms with Crippen LogP contribution >= 0.6 is 0 Å². The summed E-state index contributed by atoms with van der Waals surface area (Å²) in [4.78, 5) is 11.9. The molecule has 10 atom stereocenters. The Balaban J connectivity index is 2.15. The van der Waals surface area contributed by atoms with Gasteiger partial charge in [-0.15, -0.1) is 0 Å². The normalized spacial score (nSPS) is 44.5. The molecule has 164 valence electrons. The number of esters is 1. The van der Waals surface area contributed by atoms with E-state index in [-0.39, 0.29) is 0 Å². The van der Waals surface area contributed by atoms with Gasteiger partial charge in [0.25, 0.3) is 0 Å². The van der Waals surface area contributed by atoms with E-state index in [2.05, 4.69) is 0 Å². The minimum atomic E-state index is -1.76. The van der Waals surface area contributed by atoms with Gasteiger partial charge in [-0.25, -0.2) is 0 Å². The Kier molecular flexibility index (Phi) is 8.10. The van der Waals surface area contributed by atoms with Crippen LogP contribution in [0.1, 0.15) is 13.8 Å². The zero-order valence-corrected chi connectivity index (χ0v) is 15.4. The van der Waals surface area contributed by atoms with Crippen LogP contribution in [-0.4, -0.2) is 116 Å². The van der Waals surface area contributed by atoms with Crippen LogP contribution in [0.3, 0.4) is 0 Å².